The number of anilines is 1. The van der Waals surface area contributed by atoms with Crippen molar-refractivity contribution in [2.45, 2.75) is 45.6 Å². The molecule has 2 unspecified atom stereocenters. The van der Waals surface area contributed by atoms with Crippen molar-refractivity contribution in [1.82, 2.24) is 9.97 Å². The second-order valence-corrected chi connectivity index (χ2v) is 6.41. The summed E-state index contributed by atoms with van der Waals surface area (Å²) >= 11 is 0. The van der Waals surface area contributed by atoms with E-state index < -0.39 is 12.0 Å². The Balaban J connectivity index is 2.02. The number of aliphatic carboxylic acids is 1. The van der Waals surface area contributed by atoms with Gasteiger partial charge in [0.15, 0.2) is 0 Å². The molecule has 5 heteroatoms. The molecule has 0 radical (unpaired) electrons. The Morgan fingerprint density at radius 3 is 2.83 bits per heavy atom. The van der Waals surface area contributed by atoms with Crippen LogP contribution in [0.15, 0.2) is 30.6 Å². The molecule has 2 atom stereocenters. The molecule has 0 bridgehead atoms. The predicted octanol–water partition coefficient (Wildman–Crippen LogP) is 3.54. The summed E-state index contributed by atoms with van der Waals surface area (Å²) < 4.78 is 0. The zero-order valence-corrected chi connectivity index (χ0v) is 14.1. The van der Waals surface area contributed by atoms with E-state index in [-0.39, 0.29) is 5.92 Å². The zero-order chi connectivity index (χ0) is 17.1. The first-order chi connectivity index (χ1) is 11.6. The molecular weight excluding hydrogens is 302 g/mol. The molecule has 0 saturated carbocycles. The third-order valence-electron chi connectivity index (χ3n) is 4.86. The molecule has 1 aliphatic carbocycles. The van der Waals surface area contributed by atoms with Crippen LogP contribution >= 0.6 is 0 Å². The van der Waals surface area contributed by atoms with Gasteiger partial charge in [0, 0.05) is 11.1 Å². The van der Waals surface area contributed by atoms with Gasteiger partial charge in [0.1, 0.15) is 18.2 Å². The first kappa shape index (κ1) is 16.4. The maximum absolute atomic E-state index is 11.6. The van der Waals surface area contributed by atoms with Crippen molar-refractivity contribution in [3.05, 3.63) is 41.7 Å². The van der Waals surface area contributed by atoms with Gasteiger partial charge in [0.25, 0.3) is 0 Å². The highest BCUT2D eigenvalue weighted by atomic mass is 16.4. The molecule has 126 valence electrons. The zero-order valence-electron chi connectivity index (χ0n) is 14.1. The van der Waals surface area contributed by atoms with Gasteiger partial charge in [0.2, 0.25) is 0 Å². The van der Waals surface area contributed by atoms with Gasteiger partial charge in [-0.15, -0.1) is 0 Å². The number of hydrogen-bond donors (Lipinski definition) is 2. The average molecular weight is 325 g/mol. The van der Waals surface area contributed by atoms with Gasteiger partial charge in [-0.25, -0.2) is 14.8 Å². The van der Waals surface area contributed by atoms with Gasteiger partial charge in [-0.05, 0) is 30.7 Å². The first-order valence-corrected chi connectivity index (χ1v) is 8.53. The summed E-state index contributed by atoms with van der Waals surface area (Å²) in [4.78, 5) is 20.5. The van der Waals surface area contributed by atoms with Crippen LogP contribution in [0.3, 0.4) is 0 Å². The van der Waals surface area contributed by atoms with Gasteiger partial charge in [0.05, 0.1) is 5.69 Å². The minimum atomic E-state index is -0.842. The van der Waals surface area contributed by atoms with Crippen LogP contribution in [0.1, 0.15) is 37.8 Å². The molecule has 2 aromatic rings. The van der Waals surface area contributed by atoms with E-state index in [0.717, 1.165) is 42.5 Å². The molecule has 24 heavy (non-hydrogen) atoms. The summed E-state index contributed by atoms with van der Waals surface area (Å²) in [6.07, 6.45) is 5.17. The highest BCUT2D eigenvalue weighted by Crippen LogP contribution is 2.34. The minimum Gasteiger partial charge on any atom is -0.480 e. The van der Waals surface area contributed by atoms with Crippen molar-refractivity contribution >= 4 is 11.8 Å². The molecule has 3 rings (SSSR count). The Bertz CT molecular complexity index is 745. The van der Waals surface area contributed by atoms with Crippen LogP contribution in [0.4, 0.5) is 5.82 Å². The van der Waals surface area contributed by atoms with Crippen LogP contribution in [-0.4, -0.2) is 27.1 Å². The number of fused-ring (bicyclic) bond motifs is 3. The highest BCUT2D eigenvalue weighted by molar-refractivity contribution is 5.79. The summed E-state index contributed by atoms with van der Waals surface area (Å²) in [7, 11) is 0. The lowest BCUT2D eigenvalue weighted by Crippen LogP contribution is -2.36. The fourth-order valence-corrected chi connectivity index (χ4v) is 3.26. The van der Waals surface area contributed by atoms with E-state index in [0.29, 0.717) is 5.82 Å². The molecule has 1 heterocycles. The maximum Gasteiger partial charge on any atom is 0.326 e. The Kier molecular flexibility index (Phi) is 4.79. The second kappa shape index (κ2) is 6.99. The number of carboxylic acid groups (broad SMARTS) is 1. The summed E-state index contributed by atoms with van der Waals surface area (Å²) in [5.41, 5.74) is 4.37. The smallest absolute Gasteiger partial charge is 0.326 e. The van der Waals surface area contributed by atoms with Gasteiger partial charge < -0.3 is 10.4 Å². The van der Waals surface area contributed by atoms with Crippen molar-refractivity contribution in [3.63, 3.8) is 0 Å². The van der Waals surface area contributed by atoms with Gasteiger partial charge in [-0.2, -0.15) is 0 Å². The predicted molar refractivity (Wildman–Crippen MR) is 94.0 cm³/mol. The quantitative estimate of drug-likeness (QED) is 0.879. The number of aryl methyl sites for hydroxylation is 1. The third-order valence-corrected chi connectivity index (χ3v) is 4.86. The lowest BCUT2D eigenvalue weighted by atomic mass is 9.98. The van der Waals surface area contributed by atoms with Crippen molar-refractivity contribution in [2.75, 3.05) is 5.32 Å². The average Bonchev–Trinajstić information content (AvgIpc) is 2.78. The number of rotatable bonds is 5. The monoisotopic (exact) mass is 325 g/mol. The molecular formula is C19H23N3O2. The van der Waals surface area contributed by atoms with E-state index in [9.17, 15) is 9.90 Å². The fourth-order valence-electron chi connectivity index (χ4n) is 3.26. The number of aromatic nitrogens is 2. The normalized spacial score (nSPS) is 15.6. The molecule has 1 aliphatic rings. The van der Waals surface area contributed by atoms with Crippen molar-refractivity contribution in [1.29, 1.82) is 0 Å². The lowest BCUT2D eigenvalue weighted by molar-refractivity contribution is -0.139. The van der Waals surface area contributed by atoms with E-state index in [2.05, 4.69) is 27.4 Å². The molecule has 0 fully saturated rings. The van der Waals surface area contributed by atoms with Crippen LogP contribution in [0.5, 0.6) is 0 Å². The summed E-state index contributed by atoms with van der Waals surface area (Å²) in [6, 6.07) is 7.64. The molecule has 0 amide bonds. The van der Waals surface area contributed by atoms with E-state index >= 15 is 0 Å². The molecule has 1 aromatic heterocycles. The summed E-state index contributed by atoms with van der Waals surface area (Å²) in [5, 5.41) is 12.7. The van der Waals surface area contributed by atoms with Gasteiger partial charge in [-0.1, -0.05) is 44.5 Å². The van der Waals surface area contributed by atoms with E-state index in [4.69, 9.17) is 0 Å². The molecule has 0 aliphatic heterocycles. The number of carbonyl (C=O) groups is 1. The number of nitrogens with zero attached hydrogens (tertiary/aromatic N) is 2. The summed E-state index contributed by atoms with van der Waals surface area (Å²) in [6.45, 7) is 3.94. The number of hydrogen-bond acceptors (Lipinski definition) is 4. The first-order valence-electron chi connectivity index (χ1n) is 8.53. The number of carboxylic acids is 1. The van der Waals surface area contributed by atoms with Crippen LogP contribution in [0.25, 0.3) is 11.3 Å². The van der Waals surface area contributed by atoms with Crippen LogP contribution in [-0.2, 0) is 17.6 Å². The number of nitrogens with one attached hydrogen (secondary N) is 1. The summed E-state index contributed by atoms with van der Waals surface area (Å²) in [5.74, 6) is -0.165. The van der Waals surface area contributed by atoms with Crippen molar-refractivity contribution in [2.24, 2.45) is 5.92 Å². The largest absolute Gasteiger partial charge is 0.480 e. The van der Waals surface area contributed by atoms with E-state index in [1.807, 2.05) is 26.0 Å². The van der Waals surface area contributed by atoms with Crippen molar-refractivity contribution < 1.29 is 9.90 Å². The lowest BCUT2D eigenvalue weighted by Gasteiger charge is -2.22. The minimum absolute atomic E-state index is 0.0196. The van der Waals surface area contributed by atoms with Crippen LogP contribution < -0.4 is 5.32 Å². The van der Waals surface area contributed by atoms with Gasteiger partial charge >= 0.3 is 5.97 Å². The third kappa shape index (κ3) is 3.11. The van der Waals surface area contributed by atoms with Gasteiger partial charge in [-0.3, -0.25) is 0 Å². The van der Waals surface area contributed by atoms with E-state index in [1.165, 1.54) is 11.9 Å². The Labute approximate surface area is 142 Å². The van der Waals surface area contributed by atoms with Crippen LogP contribution in [0.2, 0.25) is 0 Å². The number of benzene rings is 1. The second-order valence-electron chi connectivity index (χ2n) is 6.41. The Morgan fingerprint density at radius 2 is 2.08 bits per heavy atom. The molecule has 5 nitrogen and oxygen atoms in total. The SMILES string of the molecule is CCC(C)C(Nc1ncnc2c1CCCc1ccccc1-2)C(=O)O. The Hall–Kier alpha value is -2.43. The molecule has 0 spiro atoms. The molecule has 0 saturated heterocycles. The Morgan fingerprint density at radius 1 is 1.29 bits per heavy atom. The standard InChI is InChI=1S/C19H23N3O2/c1-3-12(2)16(19(23)24)22-18-15-10-6-8-13-7-4-5-9-14(13)17(15)20-11-21-18/h4-5,7,9,11-12,16H,3,6,8,10H2,1-2H3,(H,23,24)(H,20,21,22). The molecule has 2 N–H and O–H groups in total. The topological polar surface area (TPSA) is 75.1 Å². The maximum atomic E-state index is 11.6. The molecule has 1 aromatic carbocycles. The van der Waals surface area contributed by atoms with Crippen molar-refractivity contribution in [3.8, 4) is 11.3 Å². The van der Waals surface area contributed by atoms with E-state index in [1.54, 1.807) is 0 Å². The highest BCUT2D eigenvalue weighted by Gasteiger charge is 2.26. The van der Waals surface area contributed by atoms with Crippen LogP contribution in [0, 0.1) is 5.92 Å². The fraction of sp³-hybridized carbons (Fsp3) is 0.421.